The molecule has 132 valence electrons. The Balaban J connectivity index is 1.82. The van der Waals surface area contributed by atoms with E-state index >= 15 is 0 Å². The Morgan fingerprint density at radius 2 is 2.00 bits per heavy atom. The van der Waals surface area contributed by atoms with Gasteiger partial charge in [-0.05, 0) is 42.5 Å². The number of methoxy groups -OCH3 is 1. The molecule has 3 aromatic rings. The number of carbonyl (C=O) groups excluding carboxylic acids is 2. The van der Waals surface area contributed by atoms with Crippen LogP contribution in [0.25, 0.3) is 5.69 Å². The van der Waals surface area contributed by atoms with Crippen molar-refractivity contribution in [3.05, 3.63) is 76.8 Å². The molecule has 1 amide bonds. The predicted molar refractivity (Wildman–Crippen MR) is 94.3 cm³/mol. The Morgan fingerprint density at radius 1 is 1.19 bits per heavy atom. The van der Waals surface area contributed by atoms with Crippen LogP contribution in [0.3, 0.4) is 0 Å². The molecule has 26 heavy (non-hydrogen) atoms. The van der Waals surface area contributed by atoms with Crippen molar-refractivity contribution in [1.82, 2.24) is 9.78 Å². The van der Waals surface area contributed by atoms with Crippen molar-refractivity contribution in [1.29, 1.82) is 0 Å². The fraction of sp³-hybridized carbons (Fsp3) is 0.0556. The number of benzene rings is 2. The van der Waals surface area contributed by atoms with E-state index in [1.54, 1.807) is 12.1 Å². The van der Waals surface area contributed by atoms with E-state index in [1.165, 1.54) is 54.4 Å². The lowest BCUT2D eigenvalue weighted by Crippen LogP contribution is -2.14. The van der Waals surface area contributed by atoms with Crippen molar-refractivity contribution in [2.24, 2.45) is 0 Å². The van der Waals surface area contributed by atoms with Crippen LogP contribution in [0.15, 0.2) is 54.7 Å². The van der Waals surface area contributed by atoms with Gasteiger partial charge in [0.15, 0.2) is 5.69 Å². The third-order valence-electron chi connectivity index (χ3n) is 3.53. The van der Waals surface area contributed by atoms with Crippen LogP contribution in [0, 0.1) is 5.82 Å². The van der Waals surface area contributed by atoms with Crippen LogP contribution in [0.4, 0.5) is 10.1 Å². The summed E-state index contributed by atoms with van der Waals surface area (Å²) in [6, 6.07) is 11.7. The zero-order valence-corrected chi connectivity index (χ0v) is 14.3. The van der Waals surface area contributed by atoms with Gasteiger partial charge in [0.1, 0.15) is 5.82 Å². The molecule has 0 aliphatic rings. The van der Waals surface area contributed by atoms with Gasteiger partial charge < -0.3 is 10.1 Å². The summed E-state index contributed by atoms with van der Waals surface area (Å²) in [5, 5.41) is 6.98. The van der Waals surface area contributed by atoms with Gasteiger partial charge in [0, 0.05) is 6.20 Å². The van der Waals surface area contributed by atoms with Gasteiger partial charge >= 0.3 is 5.97 Å². The van der Waals surface area contributed by atoms with Crippen molar-refractivity contribution < 1.29 is 18.7 Å². The van der Waals surface area contributed by atoms with Crippen LogP contribution in [-0.4, -0.2) is 28.8 Å². The average Bonchev–Trinajstić information content (AvgIpc) is 3.13. The highest BCUT2D eigenvalue weighted by Crippen LogP contribution is 2.24. The summed E-state index contributed by atoms with van der Waals surface area (Å²) in [5.41, 5.74) is 1.08. The molecule has 0 aliphatic carbocycles. The largest absolute Gasteiger partial charge is 0.465 e. The first-order valence-electron chi connectivity index (χ1n) is 7.49. The molecular weight excluding hydrogens is 361 g/mol. The first kappa shape index (κ1) is 17.6. The molecule has 0 spiro atoms. The Hall–Kier alpha value is -3.19. The maximum Gasteiger partial charge on any atom is 0.337 e. The maximum atomic E-state index is 13.3. The molecule has 0 radical (unpaired) electrons. The number of ether oxygens (including phenoxy) is 1. The number of nitrogens with zero attached hydrogens (tertiary/aromatic N) is 2. The zero-order valence-electron chi connectivity index (χ0n) is 13.6. The number of aromatic nitrogens is 2. The number of amides is 1. The zero-order chi connectivity index (χ0) is 18.7. The molecular formula is C18H13ClFN3O3. The highest BCUT2D eigenvalue weighted by atomic mass is 35.5. The molecule has 3 rings (SSSR count). The van der Waals surface area contributed by atoms with Crippen molar-refractivity contribution in [2.75, 3.05) is 12.4 Å². The number of anilines is 1. The Morgan fingerprint density at radius 3 is 2.73 bits per heavy atom. The molecule has 8 heteroatoms. The van der Waals surface area contributed by atoms with E-state index in [-0.39, 0.29) is 22.0 Å². The minimum Gasteiger partial charge on any atom is -0.465 e. The van der Waals surface area contributed by atoms with E-state index in [0.29, 0.717) is 5.69 Å². The maximum absolute atomic E-state index is 13.3. The predicted octanol–water partition coefficient (Wildman–Crippen LogP) is 3.70. The van der Waals surface area contributed by atoms with Gasteiger partial charge in [0.05, 0.1) is 29.1 Å². The Kier molecular flexibility index (Phi) is 4.99. The highest BCUT2D eigenvalue weighted by Gasteiger charge is 2.15. The number of carbonyl (C=O) groups is 2. The van der Waals surface area contributed by atoms with Crippen LogP contribution >= 0.6 is 11.6 Å². The molecule has 2 aromatic carbocycles. The first-order valence-corrected chi connectivity index (χ1v) is 7.86. The van der Waals surface area contributed by atoms with Gasteiger partial charge in [0.2, 0.25) is 0 Å². The van der Waals surface area contributed by atoms with Gasteiger partial charge in [-0.2, -0.15) is 5.10 Å². The van der Waals surface area contributed by atoms with Gasteiger partial charge in [-0.3, -0.25) is 4.79 Å². The van der Waals surface area contributed by atoms with Crippen LogP contribution in [0.2, 0.25) is 5.02 Å². The molecule has 1 aromatic heterocycles. The average molecular weight is 374 g/mol. The summed E-state index contributed by atoms with van der Waals surface area (Å²) < 4.78 is 19.3. The van der Waals surface area contributed by atoms with E-state index in [0.717, 1.165) is 0 Å². The van der Waals surface area contributed by atoms with Gasteiger partial charge in [-0.1, -0.05) is 17.7 Å². The minimum atomic E-state index is -0.549. The molecule has 1 heterocycles. The number of esters is 1. The molecule has 0 fully saturated rings. The normalized spacial score (nSPS) is 10.4. The summed E-state index contributed by atoms with van der Waals surface area (Å²) in [5.74, 6) is -1.48. The monoisotopic (exact) mass is 373 g/mol. The summed E-state index contributed by atoms with van der Waals surface area (Å²) in [6.45, 7) is 0. The summed E-state index contributed by atoms with van der Waals surface area (Å²) in [4.78, 5) is 24.0. The molecule has 0 saturated heterocycles. The lowest BCUT2D eigenvalue weighted by atomic mass is 10.2. The van der Waals surface area contributed by atoms with Crippen molar-refractivity contribution in [2.45, 2.75) is 0 Å². The van der Waals surface area contributed by atoms with E-state index in [9.17, 15) is 14.0 Å². The molecule has 6 nitrogen and oxygen atoms in total. The second kappa shape index (κ2) is 7.37. The third-order valence-corrected chi connectivity index (χ3v) is 3.86. The van der Waals surface area contributed by atoms with E-state index < -0.39 is 17.7 Å². The number of nitrogens with one attached hydrogen (secondary N) is 1. The Labute approximate surface area is 153 Å². The molecule has 0 unspecified atom stereocenters. The van der Waals surface area contributed by atoms with Crippen LogP contribution in [0.1, 0.15) is 20.8 Å². The van der Waals surface area contributed by atoms with Gasteiger partial charge in [0.25, 0.3) is 5.91 Å². The lowest BCUT2D eigenvalue weighted by Gasteiger charge is -2.08. The van der Waals surface area contributed by atoms with Crippen LogP contribution in [0.5, 0.6) is 0 Å². The summed E-state index contributed by atoms with van der Waals surface area (Å²) in [6.07, 6.45) is 1.54. The standard InChI is InChI=1S/C18H13ClFN3O3/c1-26-18(25)11-5-6-14(19)16(9-11)21-17(24)15-7-8-23(22-15)13-4-2-3-12(20)10-13/h2-10H,1H3,(H,21,24). The summed E-state index contributed by atoms with van der Waals surface area (Å²) >= 11 is 6.06. The first-order chi connectivity index (χ1) is 12.5. The number of rotatable bonds is 4. The quantitative estimate of drug-likeness (QED) is 0.708. The minimum absolute atomic E-state index is 0.105. The van der Waals surface area contributed by atoms with E-state index in [4.69, 9.17) is 11.6 Å². The SMILES string of the molecule is COC(=O)c1ccc(Cl)c(NC(=O)c2ccn(-c3cccc(F)c3)n2)c1. The number of halogens is 2. The molecule has 0 atom stereocenters. The van der Waals surface area contributed by atoms with Crippen molar-refractivity contribution >= 4 is 29.2 Å². The topological polar surface area (TPSA) is 73.2 Å². The third kappa shape index (κ3) is 3.73. The fourth-order valence-electron chi connectivity index (χ4n) is 2.26. The summed E-state index contributed by atoms with van der Waals surface area (Å²) in [7, 11) is 1.26. The molecule has 1 N–H and O–H groups in total. The lowest BCUT2D eigenvalue weighted by molar-refractivity contribution is 0.0600. The van der Waals surface area contributed by atoms with Crippen molar-refractivity contribution in [3.63, 3.8) is 0 Å². The van der Waals surface area contributed by atoms with Gasteiger partial charge in [-0.25, -0.2) is 13.9 Å². The smallest absolute Gasteiger partial charge is 0.337 e. The number of hydrogen-bond donors (Lipinski definition) is 1. The molecule has 0 aliphatic heterocycles. The number of hydrogen-bond acceptors (Lipinski definition) is 4. The highest BCUT2D eigenvalue weighted by molar-refractivity contribution is 6.34. The second-order valence-electron chi connectivity index (χ2n) is 5.27. The molecule has 0 saturated carbocycles. The second-order valence-corrected chi connectivity index (χ2v) is 5.67. The van der Waals surface area contributed by atoms with E-state index in [2.05, 4.69) is 15.2 Å². The van der Waals surface area contributed by atoms with Crippen LogP contribution < -0.4 is 5.32 Å². The van der Waals surface area contributed by atoms with E-state index in [1.807, 2.05) is 0 Å². The Bertz CT molecular complexity index is 987. The fourth-order valence-corrected chi connectivity index (χ4v) is 2.42. The van der Waals surface area contributed by atoms with Crippen LogP contribution in [-0.2, 0) is 4.74 Å². The van der Waals surface area contributed by atoms with Gasteiger partial charge in [-0.15, -0.1) is 0 Å². The molecule has 0 bridgehead atoms. The van der Waals surface area contributed by atoms with Crippen molar-refractivity contribution in [3.8, 4) is 5.69 Å².